The lowest BCUT2D eigenvalue weighted by molar-refractivity contribution is -0.120. The SMILES string of the molecule is CC(=O)NC(c1nccs1)C1CCN(c2ncccn2)CC1. The number of carbonyl (C=O) groups is 1. The number of anilines is 1. The van der Waals surface area contributed by atoms with Crippen molar-refractivity contribution in [3.8, 4) is 0 Å². The number of aromatic nitrogens is 3. The minimum atomic E-state index is -0.00553. The highest BCUT2D eigenvalue weighted by Gasteiger charge is 2.30. The Kier molecular flexibility index (Phi) is 4.62. The van der Waals surface area contributed by atoms with Gasteiger partial charge in [-0.25, -0.2) is 15.0 Å². The summed E-state index contributed by atoms with van der Waals surface area (Å²) in [5.41, 5.74) is 0. The minimum Gasteiger partial charge on any atom is -0.347 e. The fourth-order valence-electron chi connectivity index (χ4n) is 2.88. The number of carbonyl (C=O) groups excluding carboxylic acids is 1. The van der Waals surface area contributed by atoms with Crippen LogP contribution in [0.25, 0.3) is 0 Å². The number of nitrogens with one attached hydrogen (secondary N) is 1. The van der Waals surface area contributed by atoms with Crippen molar-refractivity contribution in [2.24, 2.45) is 5.92 Å². The van der Waals surface area contributed by atoms with Gasteiger partial charge in [0.25, 0.3) is 0 Å². The second-order valence-corrected chi connectivity index (χ2v) is 6.35. The standard InChI is InChI=1S/C15H19N5OS/c1-11(21)19-13(14-16-7-10-22-14)12-3-8-20(9-4-12)15-17-5-2-6-18-15/h2,5-7,10,12-13H,3-4,8-9H2,1H3,(H,19,21). The first-order valence-corrected chi connectivity index (χ1v) is 8.30. The van der Waals surface area contributed by atoms with Gasteiger partial charge in [0.05, 0.1) is 6.04 Å². The maximum absolute atomic E-state index is 11.5. The fourth-order valence-corrected chi connectivity index (χ4v) is 3.66. The van der Waals surface area contributed by atoms with Crippen LogP contribution in [0.4, 0.5) is 5.95 Å². The number of nitrogens with zero attached hydrogens (tertiary/aromatic N) is 4. The number of piperidine rings is 1. The van der Waals surface area contributed by atoms with Crippen LogP contribution >= 0.6 is 11.3 Å². The quantitative estimate of drug-likeness (QED) is 0.934. The van der Waals surface area contributed by atoms with Crippen LogP contribution in [0.3, 0.4) is 0 Å². The fraction of sp³-hybridized carbons (Fsp3) is 0.467. The second kappa shape index (κ2) is 6.83. The zero-order valence-corrected chi connectivity index (χ0v) is 13.3. The highest BCUT2D eigenvalue weighted by Crippen LogP contribution is 2.32. The lowest BCUT2D eigenvalue weighted by Crippen LogP contribution is -2.40. The molecular weight excluding hydrogens is 298 g/mol. The minimum absolute atomic E-state index is 0.00553. The van der Waals surface area contributed by atoms with Gasteiger partial charge >= 0.3 is 0 Å². The number of rotatable bonds is 4. The molecule has 1 aliphatic rings. The molecular formula is C15H19N5OS. The molecule has 1 N–H and O–H groups in total. The molecule has 1 saturated heterocycles. The largest absolute Gasteiger partial charge is 0.347 e. The summed E-state index contributed by atoms with van der Waals surface area (Å²) in [6.07, 6.45) is 7.31. The molecule has 0 aromatic carbocycles. The zero-order chi connectivity index (χ0) is 15.4. The Bertz CT molecular complexity index is 596. The molecule has 22 heavy (non-hydrogen) atoms. The highest BCUT2D eigenvalue weighted by molar-refractivity contribution is 7.09. The van der Waals surface area contributed by atoms with Crippen molar-refractivity contribution in [2.75, 3.05) is 18.0 Å². The van der Waals surface area contributed by atoms with Crippen molar-refractivity contribution in [2.45, 2.75) is 25.8 Å². The van der Waals surface area contributed by atoms with Gasteiger partial charge in [-0.15, -0.1) is 11.3 Å². The average molecular weight is 317 g/mol. The molecule has 0 aliphatic carbocycles. The first-order chi connectivity index (χ1) is 10.7. The normalized spacial score (nSPS) is 17.2. The lowest BCUT2D eigenvalue weighted by atomic mass is 9.89. The summed E-state index contributed by atoms with van der Waals surface area (Å²) in [7, 11) is 0. The summed E-state index contributed by atoms with van der Waals surface area (Å²) in [6.45, 7) is 3.36. The van der Waals surface area contributed by atoms with Crippen LogP contribution in [0.5, 0.6) is 0 Å². The molecule has 0 saturated carbocycles. The monoisotopic (exact) mass is 317 g/mol. The first kappa shape index (κ1) is 14.9. The van der Waals surface area contributed by atoms with Gasteiger partial charge in [-0.05, 0) is 24.8 Å². The molecule has 3 heterocycles. The Balaban J connectivity index is 1.67. The van der Waals surface area contributed by atoms with Crippen LogP contribution in [0.2, 0.25) is 0 Å². The van der Waals surface area contributed by atoms with Crippen LogP contribution in [0.1, 0.15) is 30.8 Å². The Morgan fingerprint density at radius 2 is 2.00 bits per heavy atom. The van der Waals surface area contributed by atoms with E-state index in [0.717, 1.165) is 36.9 Å². The van der Waals surface area contributed by atoms with E-state index in [4.69, 9.17) is 0 Å². The van der Waals surface area contributed by atoms with Crippen LogP contribution in [0.15, 0.2) is 30.0 Å². The lowest BCUT2D eigenvalue weighted by Gasteiger charge is -2.35. The Labute approximate surface area is 133 Å². The van der Waals surface area contributed by atoms with Crippen molar-refractivity contribution in [1.29, 1.82) is 0 Å². The van der Waals surface area contributed by atoms with Crippen molar-refractivity contribution < 1.29 is 4.79 Å². The molecule has 1 amide bonds. The van der Waals surface area contributed by atoms with Crippen LogP contribution in [0, 0.1) is 5.92 Å². The van der Waals surface area contributed by atoms with Gasteiger partial charge in [-0.1, -0.05) is 0 Å². The van der Waals surface area contributed by atoms with E-state index in [2.05, 4.69) is 25.2 Å². The van der Waals surface area contributed by atoms with Gasteiger partial charge in [0.15, 0.2) is 0 Å². The van der Waals surface area contributed by atoms with Crippen LogP contribution < -0.4 is 10.2 Å². The molecule has 3 rings (SSSR count). The van der Waals surface area contributed by atoms with Crippen LogP contribution in [-0.2, 0) is 4.79 Å². The average Bonchev–Trinajstić information content (AvgIpc) is 3.08. The molecule has 6 nitrogen and oxygen atoms in total. The smallest absolute Gasteiger partial charge is 0.225 e. The molecule has 1 atom stereocenters. The molecule has 1 aliphatic heterocycles. The van der Waals surface area contributed by atoms with Crippen molar-refractivity contribution in [3.63, 3.8) is 0 Å². The Morgan fingerprint density at radius 1 is 1.27 bits per heavy atom. The third-order valence-electron chi connectivity index (χ3n) is 3.92. The predicted octanol–water partition coefficient (Wildman–Crippen LogP) is 2.03. The van der Waals surface area contributed by atoms with E-state index >= 15 is 0 Å². The summed E-state index contributed by atoms with van der Waals surface area (Å²) < 4.78 is 0. The summed E-state index contributed by atoms with van der Waals surface area (Å²) in [5, 5.41) is 6.01. The van der Waals surface area contributed by atoms with Crippen molar-refractivity contribution in [3.05, 3.63) is 35.0 Å². The Morgan fingerprint density at radius 3 is 2.59 bits per heavy atom. The van der Waals surface area contributed by atoms with E-state index in [-0.39, 0.29) is 11.9 Å². The summed E-state index contributed by atoms with van der Waals surface area (Å²) in [5.74, 6) is 1.18. The zero-order valence-electron chi connectivity index (χ0n) is 12.5. The summed E-state index contributed by atoms with van der Waals surface area (Å²) in [4.78, 5) is 26.7. The van der Waals surface area contributed by atoms with Gasteiger partial charge in [0.2, 0.25) is 11.9 Å². The number of hydrogen-bond acceptors (Lipinski definition) is 6. The predicted molar refractivity (Wildman–Crippen MR) is 85.6 cm³/mol. The van der Waals surface area contributed by atoms with E-state index < -0.39 is 0 Å². The van der Waals surface area contributed by atoms with Gasteiger partial charge in [0.1, 0.15) is 5.01 Å². The molecule has 0 spiro atoms. The highest BCUT2D eigenvalue weighted by atomic mass is 32.1. The third kappa shape index (κ3) is 3.41. The Hall–Kier alpha value is -2.02. The molecule has 0 radical (unpaired) electrons. The van der Waals surface area contributed by atoms with Crippen molar-refractivity contribution >= 4 is 23.2 Å². The van der Waals surface area contributed by atoms with Gasteiger partial charge in [0, 0.05) is 44.0 Å². The molecule has 0 bridgehead atoms. The number of hydrogen-bond donors (Lipinski definition) is 1. The molecule has 2 aromatic heterocycles. The van der Waals surface area contributed by atoms with Crippen molar-refractivity contribution in [1.82, 2.24) is 20.3 Å². The maximum Gasteiger partial charge on any atom is 0.225 e. The maximum atomic E-state index is 11.5. The topological polar surface area (TPSA) is 71.0 Å². The van der Waals surface area contributed by atoms with Gasteiger partial charge in [-0.2, -0.15) is 0 Å². The van der Waals surface area contributed by atoms with E-state index in [1.165, 1.54) is 0 Å². The van der Waals surface area contributed by atoms with Gasteiger partial charge in [-0.3, -0.25) is 4.79 Å². The van der Waals surface area contributed by atoms with E-state index in [1.54, 1.807) is 36.9 Å². The number of thiazole rings is 1. The second-order valence-electron chi connectivity index (χ2n) is 5.42. The van der Waals surface area contributed by atoms with E-state index in [0.29, 0.717) is 5.92 Å². The van der Waals surface area contributed by atoms with E-state index in [9.17, 15) is 4.79 Å². The number of amides is 1. The molecule has 1 fully saturated rings. The summed E-state index contributed by atoms with van der Waals surface area (Å²) >= 11 is 1.60. The molecule has 116 valence electrons. The molecule has 2 aromatic rings. The van der Waals surface area contributed by atoms with Gasteiger partial charge < -0.3 is 10.2 Å². The molecule has 1 unspecified atom stereocenters. The van der Waals surface area contributed by atoms with E-state index in [1.807, 2.05) is 11.4 Å². The van der Waals surface area contributed by atoms with Crippen LogP contribution in [-0.4, -0.2) is 33.9 Å². The first-order valence-electron chi connectivity index (χ1n) is 7.42. The third-order valence-corrected chi connectivity index (χ3v) is 4.78. The molecule has 7 heteroatoms. The summed E-state index contributed by atoms with van der Waals surface area (Å²) in [6, 6.07) is 1.84.